The molecule has 0 aliphatic rings. The van der Waals surface area contributed by atoms with E-state index in [1.807, 2.05) is 0 Å². The Bertz CT molecular complexity index is 412. The van der Waals surface area contributed by atoms with E-state index in [2.05, 4.69) is 67.2 Å². The molecule has 2 unspecified atom stereocenters. The molecule has 0 fully saturated rings. The molecule has 212 valence electrons. The molecule has 2 nitrogen and oxygen atoms in total. The van der Waals surface area contributed by atoms with Crippen LogP contribution in [0.3, 0.4) is 0 Å². The second-order valence-electron chi connectivity index (χ2n) is 10.9. The van der Waals surface area contributed by atoms with Crippen molar-refractivity contribution in [3.8, 4) is 0 Å². The van der Waals surface area contributed by atoms with Gasteiger partial charge in [-0.05, 0) is 49.9 Å². The highest BCUT2D eigenvalue weighted by Gasteiger charge is 2.48. The van der Waals surface area contributed by atoms with Gasteiger partial charge in [0.2, 0.25) is 16.6 Å². The first-order chi connectivity index (χ1) is 17.0. The summed E-state index contributed by atoms with van der Waals surface area (Å²) in [5.41, 5.74) is 0. The third kappa shape index (κ3) is 13.4. The molecule has 5 heteroatoms. The average molecular weight is 547 g/mol. The maximum atomic E-state index is 7.14. The highest BCUT2D eigenvalue weighted by Crippen LogP contribution is 2.44. The van der Waals surface area contributed by atoms with E-state index >= 15 is 0 Å². The van der Waals surface area contributed by atoms with Crippen LogP contribution in [0.15, 0.2) is 0 Å². The monoisotopic (exact) mass is 546 g/mol. The lowest BCUT2D eigenvalue weighted by atomic mass is 10.3. The van der Waals surface area contributed by atoms with E-state index in [1.54, 1.807) is 0 Å². The molecule has 0 bridgehead atoms. The first-order valence-corrected chi connectivity index (χ1v) is 21.7. The predicted molar refractivity (Wildman–Crippen MR) is 168 cm³/mol. The summed E-state index contributed by atoms with van der Waals surface area (Å²) in [7, 11) is -3.67. The van der Waals surface area contributed by atoms with Gasteiger partial charge < -0.3 is 8.85 Å². The zero-order valence-electron chi connectivity index (χ0n) is 25.5. The molecule has 0 aliphatic carbocycles. The van der Waals surface area contributed by atoms with Crippen molar-refractivity contribution in [1.82, 2.24) is 0 Å². The van der Waals surface area contributed by atoms with E-state index in [0.29, 0.717) is 0 Å². The van der Waals surface area contributed by atoms with Crippen molar-refractivity contribution in [3.63, 3.8) is 0 Å². The molecule has 0 heterocycles. The van der Waals surface area contributed by atoms with Crippen molar-refractivity contribution in [2.24, 2.45) is 0 Å². The molecular weight excluding hydrogens is 481 g/mol. The summed E-state index contributed by atoms with van der Waals surface area (Å²) in [6, 6.07) is 5.39. The molecule has 0 aromatic heterocycles. The molecule has 0 N–H and O–H groups in total. The van der Waals surface area contributed by atoms with Crippen molar-refractivity contribution in [2.45, 2.75) is 179 Å². The Balaban J connectivity index is 6.35. The minimum absolute atomic E-state index is 0.733. The summed E-state index contributed by atoms with van der Waals surface area (Å²) in [6.07, 6.45) is 18.1. The zero-order valence-corrected chi connectivity index (χ0v) is 28.3. The van der Waals surface area contributed by atoms with Crippen LogP contribution in [0.25, 0.3) is 0 Å². The third-order valence-corrected chi connectivity index (χ3v) is 22.0. The Morgan fingerprint density at radius 3 is 1.03 bits per heavy atom. The van der Waals surface area contributed by atoms with Crippen LogP contribution in [0.2, 0.25) is 24.2 Å². The molecular formula is C30H66O2SSi2. The van der Waals surface area contributed by atoms with E-state index in [0.717, 1.165) is 23.0 Å². The first-order valence-electron chi connectivity index (χ1n) is 15.9. The summed E-state index contributed by atoms with van der Waals surface area (Å²) in [5.74, 6) is 0. The predicted octanol–water partition coefficient (Wildman–Crippen LogP) is 11.1. The summed E-state index contributed by atoms with van der Waals surface area (Å²) >= 11 is 2.43. The van der Waals surface area contributed by atoms with Crippen LogP contribution in [-0.4, -0.2) is 39.6 Å². The highest BCUT2D eigenvalue weighted by molar-refractivity contribution is 8.03. The fourth-order valence-electron chi connectivity index (χ4n) is 5.79. The van der Waals surface area contributed by atoms with Gasteiger partial charge in [-0.2, -0.15) is 11.8 Å². The second kappa shape index (κ2) is 22.7. The topological polar surface area (TPSA) is 18.5 Å². The van der Waals surface area contributed by atoms with E-state index in [-0.39, 0.29) is 0 Å². The third-order valence-electron chi connectivity index (χ3n) is 7.61. The molecule has 0 aromatic carbocycles. The molecule has 0 spiro atoms. The van der Waals surface area contributed by atoms with Gasteiger partial charge in [-0.3, -0.25) is 0 Å². The normalized spacial score (nSPS) is 14.4. The van der Waals surface area contributed by atoms with Gasteiger partial charge in [0.25, 0.3) is 0 Å². The Hall–Kier alpha value is 0.704. The maximum Gasteiger partial charge on any atom is 0.205 e. The van der Waals surface area contributed by atoms with E-state index in [4.69, 9.17) is 8.85 Å². The lowest BCUT2D eigenvalue weighted by molar-refractivity contribution is 0.283. The summed E-state index contributed by atoms with van der Waals surface area (Å²) in [4.78, 5) is 1.47. The van der Waals surface area contributed by atoms with Crippen LogP contribution in [-0.2, 0) is 8.85 Å². The molecule has 0 amide bonds. The van der Waals surface area contributed by atoms with Gasteiger partial charge in [0.05, 0.1) is 0 Å². The summed E-state index contributed by atoms with van der Waals surface area (Å²) in [5, 5.41) is 0. The first kappa shape index (κ1) is 35.7. The SMILES string of the molecule is CCCCO[Si](CCC)(CCC)C(CCCC)SC(CCCC)[Si](CCC)(CCC)OCCCC. The van der Waals surface area contributed by atoms with Gasteiger partial charge in [-0.25, -0.2) is 0 Å². The smallest absolute Gasteiger partial charge is 0.205 e. The van der Waals surface area contributed by atoms with Gasteiger partial charge in [-0.1, -0.05) is 120 Å². The minimum atomic E-state index is -1.83. The molecule has 0 aromatic rings. The van der Waals surface area contributed by atoms with Gasteiger partial charge in [0, 0.05) is 23.0 Å². The summed E-state index contributed by atoms with van der Waals surface area (Å²) in [6.45, 7) is 20.9. The molecule has 0 radical (unpaired) electrons. The number of unbranched alkanes of at least 4 members (excludes halogenated alkanes) is 4. The summed E-state index contributed by atoms with van der Waals surface area (Å²) < 4.78 is 14.3. The quantitative estimate of drug-likeness (QED) is 0.0793. The number of rotatable bonds is 26. The molecule has 0 saturated heterocycles. The number of hydrogen-bond acceptors (Lipinski definition) is 3. The molecule has 0 rings (SSSR count). The van der Waals surface area contributed by atoms with Crippen molar-refractivity contribution in [1.29, 1.82) is 0 Å². The zero-order chi connectivity index (χ0) is 26.4. The minimum Gasteiger partial charge on any atom is -0.416 e. The average Bonchev–Trinajstić information content (AvgIpc) is 2.84. The Labute approximate surface area is 229 Å². The molecule has 0 aliphatic heterocycles. The van der Waals surface area contributed by atoms with Crippen LogP contribution >= 0.6 is 11.8 Å². The van der Waals surface area contributed by atoms with Gasteiger partial charge >= 0.3 is 0 Å². The maximum absolute atomic E-state index is 7.14. The van der Waals surface area contributed by atoms with Crippen LogP contribution < -0.4 is 0 Å². The number of thioether (sulfide) groups is 1. The number of hydrogen-bond donors (Lipinski definition) is 0. The van der Waals surface area contributed by atoms with Crippen LogP contribution in [0.5, 0.6) is 0 Å². The Kier molecular flexibility index (Phi) is 23.1. The molecule has 2 atom stereocenters. The fraction of sp³-hybridized carbons (Fsp3) is 1.00. The van der Waals surface area contributed by atoms with Crippen LogP contribution in [0.1, 0.15) is 145 Å². The van der Waals surface area contributed by atoms with E-state index in [1.165, 1.54) is 114 Å². The van der Waals surface area contributed by atoms with Crippen molar-refractivity contribution >= 4 is 28.4 Å². The van der Waals surface area contributed by atoms with Crippen molar-refractivity contribution in [3.05, 3.63) is 0 Å². The Morgan fingerprint density at radius 1 is 0.457 bits per heavy atom. The van der Waals surface area contributed by atoms with Gasteiger partial charge in [0.1, 0.15) is 0 Å². The second-order valence-corrected chi connectivity index (χ2v) is 21.4. The van der Waals surface area contributed by atoms with Crippen LogP contribution in [0.4, 0.5) is 0 Å². The van der Waals surface area contributed by atoms with Gasteiger partial charge in [0.15, 0.2) is 0 Å². The van der Waals surface area contributed by atoms with Gasteiger partial charge in [-0.15, -0.1) is 0 Å². The largest absolute Gasteiger partial charge is 0.416 e. The lowest BCUT2D eigenvalue weighted by Crippen LogP contribution is -2.54. The van der Waals surface area contributed by atoms with Crippen LogP contribution in [0, 0.1) is 0 Å². The van der Waals surface area contributed by atoms with Crippen molar-refractivity contribution in [2.75, 3.05) is 13.2 Å². The molecule has 0 saturated carbocycles. The van der Waals surface area contributed by atoms with E-state index < -0.39 is 16.6 Å². The lowest BCUT2D eigenvalue weighted by Gasteiger charge is -2.44. The standard InChI is InChI=1S/C30H66O2SSi2/c1-9-17-21-29(34(25-13-5,26-14-6)31-23-19-11-3)33-30(22-18-10-2)35(27-15-7,28-16-8)32-24-20-12-4/h29-30H,9-28H2,1-8H3. The molecule has 35 heavy (non-hydrogen) atoms. The Morgan fingerprint density at radius 2 is 0.771 bits per heavy atom. The highest BCUT2D eigenvalue weighted by atomic mass is 32.2. The van der Waals surface area contributed by atoms with Crippen molar-refractivity contribution < 1.29 is 8.85 Å². The van der Waals surface area contributed by atoms with E-state index in [9.17, 15) is 0 Å². The fourth-order valence-corrected chi connectivity index (χ4v) is 20.7.